The molecule has 0 N–H and O–H groups in total. The van der Waals surface area contributed by atoms with Crippen molar-refractivity contribution in [3.63, 3.8) is 0 Å². The van der Waals surface area contributed by atoms with Crippen LogP contribution in [0.1, 0.15) is 116 Å². The lowest BCUT2D eigenvalue weighted by Crippen LogP contribution is -2.12. The number of nitrogens with zero attached hydrogens (tertiary/aromatic N) is 1. The molecule has 1 nitrogen and oxygen atoms in total. The minimum atomic E-state index is 1.13. The SMILES string of the molecule is C=C(C=C1CCCCC1)CCCCC/C(=C/C(=C)CCCN(C)C)CCCCCC. The molecule has 1 heteroatoms. The Balaban J connectivity index is 2.33. The van der Waals surface area contributed by atoms with Gasteiger partial charge in [0.1, 0.15) is 0 Å². The van der Waals surface area contributed by atoms with Crippen LogP contribution in [0.2, 0.25) is 0 Å². The van der Waals surface area contributed by atoms with Crippen molar-refractivity contribution in [2.24, 2.45) is 0 Å². The first-order chi connectivity index (χ1) is 14.5. The summed E-state index contributed by atoms with van der Waals surface area (Å²) < 4.78 is 0. The summed E-state index contributed by atoms with van der Waals surface area (Å²) in [4.78, 5) is 2.26. The van der Waals surface area contributed by atoms with Crippen molar-refractivity contribution in [1.29, 1.82) is 0 Å². The van der Waals surface area contributed by atoms with E-state index in [0.29, 0.717) is 0 Å². The Morgan fingerprint density at radius 1 is 0.767 bits per heavy atom. The number of allylic oxidation sites excluding steroid dienone is 6. The molecule has 1 saturated carbocycles. The van der Waals surface area contributed by atoms with Gasteiger partial charge in [-0.05, 0) is 97.7 Å². The highest BCUT2D eigenvalue weighted by Gasteiger charge is 2.06. The quantitative estimate of drug-likeness (QED) is 0.170. The van der Waals surface area contributed by atoms with Crippen molar-refractivity contribution < 1.29 is 0 Å². The van der Waals surface area contributed by atoms with Crippen LogP contribution in [0.15, 0.2) is 47.6 Å². The van der Waals surface area contributed by atoms with E-state index in [1.165, 1.54) is 114 Å². The van der Waals surface area contributed by atoms with Crippen molar-refractivity contribution in [3.8, 4) is 0 Å². The smallest absolute Gasteiger partial charge is 0.00217 e. The summed E-state index contributed by atoms with van der Waals surface area (Å²) in [6.45, 7) is 12.1. The molecule has 172 valence electrons. The first-order valence-electron chi connectivity index (χ1n) is 12.9. The van der Waals surface area contributed by atoms with Crippen molar-refractivity contribution >= 4 is 0 Å². The van der Waals surface area contributed by atoms with E-state index >= 15 is 0 Å². The fourth-order valence-electron chi connectivity index (χ4n) is 4.42. The van der Waals surface area contributed by atoms with Crippen LogP contribution in [0.25, 0.3) is 0 Å². The van der Waals surface area contributed by atoms with Crippen molar-refractivity contribution in [2.45, 2.75) is 116 Å². The van der Waals surface area contributed by atoms with Crippen LogP contribution in [0.3, 0.4) is 0 Å². The number of unbranched alkanes of at least 4 members (excludes halogenated alkanes) is 5. The number of rotatable bonds is 17. The average molecular weight is 414 g/mol. The van der Waals surface area contributed by atoms with E-state index < -0.39 is 0 Å². The van der Waals surface area contributed by atoms with Crippen LogP contribution in [0.4, 0.5) is 0 Å². The Kier molecular flexibility index (Phi) is 15.8. The standard InChI is InChI=1S/C29H51N/c1-6-7-8-12-19-28(25-27(3)18-16-23-30(4)5)20-13-9-11-17-26(2)24-29-21-14-10-15-22-29/h24-25H,2-3,6-23H2,1,4-5H3/b28-25+. The molecular formula is C29H51N. The molecule has 0 atom stereocenters. The molecule has 0 aliphatic heterocycles. The van der Waals surface area contributed by atoms with Crippen LogP contribution < -0.4 is 0 Å². The van der Waals surface area contributed by atoms with Gasteiger partial charge in [0.05, 0.1) is 0 Å². The third-order valence-electron chi connectivity index (χ3n) is 6.26. The second-order valence-corrected chi connectivity index (χ2v) is 9.76. The van der Waals surface area contributed by atoms with E-state index in [1.54, 1.807) is 11.1 Å². The van der Waals surface area contributed by atoms with E-state index in [9.17, 15) is 0 Å². The first-order valence-corrected chi connectivity index (χ1v) is 12.9. The van der Waals surface area contributed by atoms with Crippen LogP contribution in [0, 0.1) is 0 Å². The van der Waals surface area contributed by atoms with Crippen LogP contribution in [-0.2, 0) is 0 Å². The summed E-state index contributed by atoms with van der Waals surface area (Å²) in [6, 6.07) is 0. The molecule has 0 aromatic carbocycles. The highest BCUT2D eigenvalue weighted by molar-refractivity contribution is 5.22. The fourth-order valence-corrected chi connectivity index (χ4v) is 4.42. The molecule has 0 aromatic rings. The summed E-state index contributed by atoms with van der Waals surface area (Å²) in [5.74, 6) is 0. The second-order valence-electron chi connectivity index (χ2n) is 9.76. The van der Waals surface area contributed by atoms with Gasteiger partial charge in [-0.25, -0.2) is 0 Å². The topological polar surface area (TPSA) is 3.24 Å². The second kappa shape index (κ2) is 17.6. The molecule has 0 saturated heterocycles. The summed E-state index contributed by atoms with van der Waals surface area (Å²) in [5, 5.41) is 0. The molecule has 0 unspecified atom stereocenters. The van der Waals surface area contributed by atoms with E-state index in [4.69, 9.17) is 0 Å². The van der Waals surface area contributed by atoms with Gasteiger partial charge in [-0.3, -0.25) is 0 Å². The van der Waals surface area contributed by atoms with Crippen LogP contribution in [0.5, 0.6) is 0 Å². The fraction of sp³-hybridized carbons (Fsp3) is 0.724. The summed E-state index contributed by atoms with van der Waals surface area (Å²) in [6.07, 6.45) is 27.0. The van der Waals surface area contributed by atoms with Gasteiger partial charge in [0, 0.05) is 0 Å². The Labute approximate surface area is 189 Å². The maximum atomic E-state index is 4.35. The molecular weight excluding hydrogens is 362 g/mol. The molecule has 0 aromatic heterocycles. The molecule has 0 heterocycles. The van der Waals surface area contributed by atoms with Crippen LogP contribution >= 0.6 is 0 Å². The lowest BCUT2D eigenvalue weighted by atomic mass is 9.92. The molecule has 1 aliphatic rings. The van der Waals surface area contributed by atoms with E-state index in [1.807, 2.05) is 0 Å². The summed E-state index contributed by atoms with van der Waals surface area (Å²) in [7, 11) is 4.30. The molecule has 0 spiro atoms. The highest BCUT2D eigenvalue weighted by atomic mass is 15.0. The van der Waals surface area contributed by atoms with E-state index in [2.05, 4.69) is 51.2 Å². The third kappa shape index (κ3) is 14.8. The van der Waals surface area contributed by atoms with Crippen molar-refractivity contribution in [2.75, 3.05) is 20.6 Å². The normalized spacial score (nSPS) is 14.9. The largest absolute Gasteiger partial charge is 0.309 e. The molecule has 0 amide bonds. The zero-order chi connectivity index (χ0) is 22.0. The van der Waals surface area contributed by atoms with Gasteiger partial charge in [-0.1, -0.05) is 86.6 Å². The van der Waals surface area contributed by atoms with Crippen LogP contribution in [-0.4, -0.2) is 25.5 Å². The lowest BCUT2D eigenvalue weighted by molar-refractivity contribution is 0.400. The Hall–Kier alpha value is -1.08. The van der Waals surface area contributed by atoms with Gasteiger partial charge in [0.2, 0.25) is 0 Å². The van der Waals surface area contributed by atoms with Gasteiger partial charge >= 0.3 is 0 Å². The molecule has 0 bridgehead atoms. The number of hydrogen-bond donors (Lipinski definition) is 0. The molecule has 30 heavy (non-hydrogen) atoms. The van der Waals surface area contributed by atoms with Gasteiger partial charge in [-0.2, -0.15) is 0 Å². The molecule has 1 rings (SSSR count). The van der Waals surface area contributed by atoms with Crippen molar-refractivity contribution in [3.05, 3.63) is 47.6 Å². The van der Waals surface area contributed by atoms with Crippen molar-refractivity contribution in [1.82, 2.24) is 4.90 Å². The minimum absolute atomic E-state index is 1.13. The zero-order valence-electron chi connectivity index (χ0n) is 20.7. The van der Waals surface area contributed by atoms with Gasteiger partial charge in [0.15, 0.2) is 0 Å². The highest BCUT2D eigenvalue weighted by Crippen LogP contribution is 2.25. The van der Waals surface area contributed by atoms with Gasteiger partial charge in [-0.15, -0.1) is 0 Å². The minimum Gasteiger partial charge on any atom is -0.309 e. The zero-order valence-corrected chi connectivity index (χ0v) is 20.7. The molecule has 1 fully saturated rings. The monoisotopic (exact) mass is 413 g/mol. The van der Waals surface area contributed by atoms with E-state index in [-0.39, 0.29) is 0 Å². The Bertz CT molecular complexity index is 527. The maximum absolute atomic E-state index is 4.35. The molecule has 0 radical (unpaired) electrons. The van der Waals surface area contributed by atoms with Gasteiger partial charge < -0.3 is 4.90 Å². The average Bonchev–Trinajstić information content (AvgIpc) is 2.71. The predicted molar refractivity (Wildman–Crippen MR) is 137 cm³/mol. The Morgan fingerprint density at radius 3 is 2.00 bits per heavy atom. The predicted octanol–water partition coefficient (Wildman–Crippen LogP) is 9.18. The summed E-state index contributed by atoms with van der Waals surface area (Å²) in [5.41, 5.74) is 5.98. The number of hydrogen-bond acceptors (Lipinski definition) is 1. The maximum Gasteiger partial charge on any atom is -0.00217 e. The molecule has 1 aliphatic carbocycles. The van der Waals surface area contributed by atoms with Gasteiger partial charge in [0.25, 0.3) is 0 Å². The van der Waals surface area contributed by atoms with E-state index in [0.717, 1.165) is 13.0 Å². The third-order valence-corrected chi connectivity index (χ3v) is 6.26. The first kappa shape index (κ1) is 27.0. The Morgan fingerprint density at radius 2 is 1.37 bits per heavy atom. The summed E-state index contributed by atoms with van der Waals surface area (Å²) >= 11 is 0. The lowest BCUT2D eigenvalue weighted by Gasteiger charge is -2.14.